The molecule has 1 N–H and O–H groups in total. The summed E-state index contributed by atoms with van der Waals surface area (Å²) in [6.07, 6.45) is 1.75. The summed E-state index contributed by atoms with van der Waals surface area (Å²) in [6, 6.07) is 6.64. The first-order chi connectivity index (χ1) is 10.2. The molecule has 0 spiro atoms. The Kier molecular flexibility index (Phi) is 6.03. The van der Waals surface area contributed by atoms with E-state index in [-0.39, 0.29) is 11.9 Å². The maximum absolute atomic E-state index is 13.2. The number of halogens is 2. The minimum absolute atomic E-state index is 0.114. The van der Waals surface area contributed by atoms with Crippen molar-refractivity contribution in [2.75, 3.05) is 13.7 Å². The highest BCUT2D eigenvalue weighted by molar-refractivity contribution is 7.10. The lowest BCUT2D eigenvalue weighted by Gasteiger charge is -2.19. The molecule has 0 saturated heterocycles. The molecule has 0 radical (unpaired) electrons. The van der Waals surface area contributed by atoms with Gasteiger partial charge in [0.1, 0.15) is 11.6 Å². The largest absolute Gasteiger partial charge is 0.496 e. The standard InChI is InChI=1S/C16H19ClFNOS/c1-3-7-19-14(16-15(20-2)6-8-21-16)9-11-4-5-12(18)10-13(11)17/h4-6,8,10,14,19H,3,7,9H2,1-2H3. The van der Waals surface area contributed by atoms with Crippen molar-refractivity contribution < 1.29 is 9.13 Å². The zero-order chi connectivity index (χ0) is 15.2. The summed E-state index contributed by atoms with van der Waals surface area (Å²) in [5.41, 5.74) is 0.933. The lowest BCUT2D eigenvalue weighted by atomic mass is 10.0. The van der Waals surface area contributed by atoms with E-state index in [0.29, 0.717) is 11.4 Å². The molecule has 5 heteroatoms. The summed E-state index contributed by atoms with van der Waals surface area (Å²) in [5.74, 6) is 0.572. The molecule has 0 amide bonds. The fourth-order valence-electron chi connectivity index (χ4n) is 2.22. The molecule has 0 saturated carbocycles. The van der Waals surface area contributed by atoms with Gasteiger partial charge in [-0.2, -0.15) is 0 Å². The highest BCUT2D eigenvalue weighted by atomic mass is 35.5. The van der Waals surface area contributed by atoms with Crippen molar-refractivity contribution in [3.8, 4) is 5.75 Å². The van der Waals surface area contributed by atoms with Crippen LogP contribution in [0, 0.1) is 5.82 Å². The highest BCUT2D eigenvalue weighted by Gasteiger charge is 2.19. The third-order valence-electron chi connectivity index (χ3n) is 3.27. The minimum Gasteiger partial charge on any atom is -0.496 e. The SMILES string of the molecule is CCCNC(Cc1ccc(F)cc1Cl)c1sccc1OC. The van der Waals surface area contributed by atoms with Gasteiger partial charge in [0.15, 0.2) is 0 Å². The van der Waals surface area contributed by atoms with Crippen LogP contribution in [0.2, 0.25) is 5.02 Å². The fraction of sp³-hybridized carbons (Fsp3) is 0.375. The minimum atomic E-state index is -0.310. The van der Waals surface area contributed by atoms with E-state index in [0.717, 1.165) is 29.2 Å². The third kappa shape index (κ3) is 4.19. The second-order valence-corrected chi connectivity index (χ2v) is 6.15. The van der Waals surface area contributed by atoms with Gasteiger partial charge in [-0.15, -0.1) is 11.3 Å². The summed E-state index contributed by atoms with van der Waals surface area (Å²) in [4.78, 5) is 1.14. The molecule has 1 unspecified atom stereocenters. The number of hydrogen-bond acceptors (Lipinski definition) is 3. The molecule has 0 fully saturated rings. The summed E-state index contributed by atoms with van der Waals surface area (Å²) < 4.78 is 18.6. The lowest BCUT2D eigenvalue weighted by molar-refractivity contribution is 0.402. The van der Waals surface area contributed by atoms with Crippen LogP contribution in [0.4, 0.5) is 4.39 Å². The Bertz CT molecular complexity index is 587. The summed E-state index contributed by atoms with van der Waals surface area (Å²) in [7, 11) is 1.67. The van der Waals surface area contributed by atoms with Crippen molar-refractivity contribution >= 4 is 22.9 Å². The van der Waals surface area contributed by atoms with Crippen molar-refractivity contribution in [2.45, 2.75) is 25.8 Å². The number of hydrogen-bond donors (Lipinski definition) is 1. The predicted octanol–water partition coefficient (Wildman–Crippen LogP) is 4.83. The van der Waals surface area contributed by atoms with Gasteiger partial charge in [-0.1, -0.05) is 24.6 Å². The van der Waals surface area contributed by atoms with Gasteiger partial charge in [0.25, 0.3) is 0 Å². The van der Waals surface area contributed by atoms with Gasteiger partial charge in [-0.3, -0.25) is 0 Å². The van der Waals surface area contributed by atoms with E-state index in [1.165, 1.54) is 12.1 Å². The second-order valence-electron chi connectivity index (χ2n) is 4.80. The smallest absolute Gasteiger partial charge is 0.134 e. The average Bonchev–Trinajstić information content (AvgIpc) is 2.94. The Labute approximate surface area is 133 Å². The van der Waals surface area contributed by atoms with Crippen molar-refractivity contribution in [1.82, 2.24) is 5.32 Å². The van der Waals surface area contributed by atoms with Crippen LogP contribution in [-0.2, 0) is 6.42 Å². The van der Waals surface area contributed by atoms with Gasteiger partial charge in [0.05, 0.1) is 12.0 Å². The number of benzene rings is 1. The van der Waals surface area contributed by atoms with E-state index in [4.69, 9.17) is 16.3 Å². The topological polar surface area (TPSA) is 21.3 Å². The van der Waals surface area contributed by atoms with Crippen molar-refractivity contribution in [3.05, 3.63) is 50.9 Å². The van der Waals surface area contributed by atoms with Gasteiger partial charge in [0, 0.05) is 11.1 Å². The van der Waals surface area contributed by atoms with E-state index < -0.39 is 0 Å². The Morgan fingerprint density at radius 2 is 2.19 bits per heavy atom. The molecule has 0 aliphatic rings. The first-order valence-corrected chi connectivity index (χ1v) is 8.20. The van der Waals surface area contributed by atoms with Crippen LogP contribution >= 0.6 is 22.9 Å². The molecule has 2 rings (SSSR count). The predicted molar refractivity (Wildman–Crippen MR) is 87.0 cm³/mol. The van der Waals surface area contributed by atoms with Gasteiger partial charge >= 0.3 is 0 Å². The Balaban J connectivity index is 2.24. The maximum Gasteiger partial charge on any atom is 0.134 e. The second kappa shape index (κ2) is 7.78. The normalized spacial score (nSPS) is 12.4. The Morgan fingerprint density at radius 3 is 2.86 bits per heavy atom. The Morgan fingerprint density at radius 1 is 1.38 bits per heavy atom. The van der Waals surface area contributed by atoms with Crippen LogP contribution < -0.4 is 10.1 Å². The average molecular weight is 328 g/mol. The van der Waals surface area contributed by atoms with E-state index in [2.05, 4.69) is 12.2 Å². The summed E-state index contributed by atoms with van der Waals surface area (Å²) in [6.45, 7) is 3.03. The summed E-state index contributed by atoms with van der Waals surface area (Å²) in [5, 5.41) is 6.00. The van der Waals surface area contributed by atoms with Crippen LogP contribution in [0.25, 0.3) is 0 Å². The quantitative estimate of drug-likeness (QED) is 0.786. The Hall–Kier alpha value is -1.10. The molecule has 0 aliphatic carbocycles. The number of nitrogens with one attached hydrogen (secondary N) is 1. The van der Waals surface area contributed by atoms with Crippen LogP contribution in [-0.4, -0.2) is 13.7 Å². The van der Waals surface area contributed by atoms with Crippen LogP contribution in [0.3, 0.4) is 0 Å². The van der Waals surface area contributed by atoms with Crippen molar-refractivity contribution in [3.63, 3.8) is 0 Å². The van der Waals surface area contributed by atoms with Crippen LogP contribution in [0.5, 0.6) is 5.75 Å². The number of thiophene rings is 1. The number of methoxy groups -OCH3 is 1. The highest BCUT2D eigenvalue weighted by Crippen LogP contribution is 2.34. The first-order valence-electron chi connectivity index (χ1n) is 6.94. The zero-order valence-electron chi connectivity index (χ0n) is 12.2. The molecule has 1 aromatic carbocycles. The molecule has 1 aromatic heterocycles. The molecule has 1 heterocycles. The number of ether oxygens (including phenoxy) is 1. The van der Waals surface area contributed by atoms with Gasteiger partial charge in [-0.25, -0.2) is 4.39 Å². The van der Waals surface area contributed by atoms with E-state index >= 15 is 0 Å². The molecule has 0 aliphatic heterocycles. The monoisotopic (exact) mass is 327 g/mol. The van der Waals surface area contributed by atoms with Crippen molar-refractivity contribution in [1.29, 1.82) is 0 Å². The molecular weight excluding hydrogens is 309 g/mol. The summed E-state index contributed by atoms with van der Waals surface area (Å²) >= 11 is 7.80. The fourth-order valence-corrected chi connectivity index (χ4v) is 3.40. The lowest BCUT2D eigenvalue weighted by Crippen LogP contribution is -2.23. The van der Waals surface area contributed by atoms with E-state index in [1.807, 2.05) is 11.4 Å². The third-order valence-corrected chi connectivity index (χ3v) is 4.64. The van der Waals surface area contributed by atoms with Crippen LogP contribution in [0.1, 0.15) is 29.8 Å². The molecular formula is C16H19ClFNOS. The molecule has 1 atom stereocenters. The first kappa shape index (κ1) is 16.3. The molecule has 0 bridgehead atoms. The molecule has 2 aromatic rings. The van der Waals surface area contributed by atoms with Crippen molar-refractivity contribution in [2.24, 2.45) is 0 Å². The van der Waals surface area contributed by atoms with E-state index in [1.54, 1.807) is 24.5 Å². The van der Waals surface area contributed by atoms with Gasteiger partial charge in [-0.05, 0) is 48.5 Å². The zero-order valence-corrected chi connectivity index (χ0v) is 13.7. The maximum atomic E-state index is 13.2. The van der Waals surface area contributed by atoms with Gasteiger partial charge in [0.2, 0.25) is 0 Å². The molecule has 114 valence electrons. The molecule has 21 heavy (non-hydrogen) atoms. The van der Waals surface area contributed by atoms with E-state index in [9.17, 15) is 4.39 Å². The van der Waals surface area contributed by atoms with Gasteiger partial charge < -0.3 is 10.1 Å². The number of rotatable bonds is 7. The molecule has 2 nitrogen and oxygen atoms in total. The van der Waals surface area contributed by atoms with Crippen LogP contribution in [0.15, 0.2) is 29.6 Å².